The maximum atomic E-state index is 3.68. The van der Waals surface area contributed by atoms with Crippen molar-refractivity contribution in [3.8, 4) is 0 Å². The lowest BCUT2D eigenvalue weighted by atomic mass is 10.1. The maximum Gasteiger partial charge on any atom is 0.00820 e. The highest BCUT2D eigenvalue weighted by molar-refractivity contribution is 7.07. The van der Waals surface area contributed by atoms with Crippen LogP contribution in [-0.2, 0) is 6.42 Å². The van der Waals surface area contributed by atoms with Gasteiger partial charge in [0.2, 0.25) is 0 Å². The minimum atomic E-state index is 0.611. The van der Waals surface area contributed by atoms with Crippen LogP contribution in [0.25, 0.3) is 0 Å². The maximum absolute atomic E-state index is 3.68. The van der Waals surface area contributed by atoms with Crippen LogP contribution in [0.4, 0.5) is 0 Å². The summed E-state index contributed by atoms with van der Waals surface area (Å²) >= 11 is 1.79. The molecule has 1 aliphatic rings. The van der Waals surface area contributed by atoms with Crippen LogP contribution in [0.15, 0.2) is 16.8 Å². The third-order valence-corrected chi connectivity index (χ3v) is 3.73. The Morgan fingerprint density at radius 3 is 2.86 bits per heavy atom. The highest BCUT2D eigenvalue weighted by atomic mass is 32.1. The van der Waals surface area contributed by atoms with Crippen LogP contribution in [0.5, 0.6) is 0 Å². The average Bonchev–Trinajstić information content (AvgIpc) is 2.87. The number of hydrogen-bond donors (Lipinski definition) is 1. The SMILES string of the molecule is CC(Cc1ccsc1)NC(C)C1CC1. The molecule has 2 heteroatoms. The number of thiophene rings is 1. The van der Waals surface area contributed by atoms with Crippen molar-refractivity contribution < 1.29 is 0 Å². The molecule has 0 saturated heterocycles. The molecule has 1 heterocycles. The summed E-state index contributed by atoms with van der Waals surface area (Å²) in [6, 6.07) is 3.55. The van der Waals surface area contributed by atoms with E-state index < -0.39 is 0 Å². The number of nitrogens with one attached hydrogen (secondary N) is 1. The molecule has 0 aliphatic heterocycles. The van der Waals surface area contributed by atoms with E-state index in [1.165, 1.54) is 24.8 Å². The fourth-order valence-electron chi connectivity index (χ4n) is 2.00. The summed E-state index contributed by atoms with van der Waals surface area (Å²) in [5, 5.41) is 8.09. The fraction of sp³-hybridized carbons (Fsp3) is 0.667. The quantitative estimate of drug-likeness (QED) is 0.786. The van der Waals surface area contributed by atoms with Crippen molar-refractivity contribution in [2.75, 3.05) is 0 Å². The van der Waals surface area contributed by atoms with E-state index in [1.54, 1.807) is 11.3 Å². The molecule has 14 heavy (non-hydrogen) atoms. The van der Waals surface area contributed by atoms with Crippen LogP contribution in [0.2, 0.25) is 0 Å². The summed E-state index contributed by atoms with van der Waals surface area (Å²) in [4.78, 5) is 0. The molecule has 1 nitrogen and oxygen atoms in total. The predicted octanol–water partition coefficient (Wildman–Crippen LogP) is 3.07. The Bertz CT molecular complexity index is 264. The lowest BCUT2D eigenvalue weighted by Crippen LogP contribution is -2.37. The monoisotopic (exact) mass is 209 g/mol. The van der Waals surface area contributed by atoms with E-state index in [-0.39, 0.29) is 0 Å². The summed E-state index contributed by atoms with van der Waals surface area (Å²) in [5.41, 5.74) is 1.47. The molecule has 1 aromatic heterocycles. The van der Waals surface area contributed by atoms with E-state index in [0.29, 0.717) is 12.1 Å². The first-order valence-electron chi connectivity index (χ1n) is 5.53. The second-order valence-corrected chi connectivity index (χ2v) is 5.31. The lowest BCUT2D eigenvalue weighted by molar-refractivity contribution is 0.430. The third-order valence-electron chi connectivity index (χ3n) is 3.00. The molecule has 1 fully saturated rings. The first-order chi connectivity index (χ1) is 6.75. The van der Waals surface area contributed by atoms with Crippen LogP contribution < -0.4 is 5.32 Å². The molecule has 0 aromatic carbocycles. The number of rotatable bonds is 5. The van der Waals surface area contributed by atoms with Gasteiger partial charge in [0.25, 0.3) is 0 Å². The van der Waals surface area contributed by atoms with Crippen LogP contribution in [0, 0.1) is 5.92 Å². The lowest BCUT2D eigenvalue weighted by Gasteiger charge is -2.19. The Morgan fingerprint density at radius 2 is 2.29 bits per heavy atom. The standard InChI is InChI=1S/C12H19NS/c1-9(7-11-5-6-14-8-11)13-10(2)12-3-4-12/h5-6,8-10,12-13H,3-4,7H2,1-2H3. The van der Waals surface area contributed by atoms with Crippen LogP contribution in [0.1, 0.15) is 32.3 Å². The molecule has 0 spiro atoms. The molecule has 1 aliphatic carbocycles. The van der Waals surface area contributed by atoms with E-state index in [9.17, 15) is 0 Å². The van der Waals surface area contributed by atoms with Crippen molar-refractivity contribution in [2.24, 2.45) is 5.92 Å². The Labute approximate surface area is 90.5 Å². The predicted molar refractivity (Wildman–Crippen MR) is 62.8 cm³/mol. The van der Waals surface area contributed by atoms with Crippen molar-refractivity contribution in [3.05, 3.63) is 22.4 Å². The zero-order valence-electron chi connectivity index (χ0n) is 8.99. The van der Waals surface area contributed by atoms with Crippen LogP contribution in [-0.4, -0.2) is 12.1 Å². The fourth-order valence-corrected chi connectivity index (χ4v) is 2.68. The van der Waals surface area contributed by atoms with Crippen molar-refractivity contribution >= 4 is 11.3 Å². The molecule has 0 bridgehead atoms. The second kappa shape index (κ2) is 4.45. The van der Waals surface area contributed by atoms with E-state index in [2.05, 4.69) is 36.0 Å². The van der Waals surface area contributed by atoms with Gasteiger partial charge < -0.3 is 5.32 Å². The zero-order valence-corrected chi connectivity index (χ0v) is 9.81. The van der Waals surface area contributed by atoms with Crippen molar-refractivity contribution in [2.45, 2.75) is 45.2 Å². The minimum absolute atomic E-state index is 0.611. The molecule has 1 N–H and O–H groups in total. The van der Waals surface area contributed by atoms with Gasteiger partial charge in [-0.1, -0.05) is 0 Å². The smallest absolute Gasteiger partial charge is 0.00820 e. The van der Waals surface area contributed by atoms with Gasteiger partial charge in [0.1, 0.15) is 0 Å². The molecule has 2 atom stereocenters. The molecular weight excluding hydrogens is 190 g/mol. The van der Waals surface area contributed by atoms with Gasteiger partial charge in [0.05, 0.1) is 0 Å². The van der Waals surface area contributed by atoms with Crippen molar-refractivity contribution in [3.63, 3.8) is 0 Å². The summed E-state index contributed by atoms with van der Waals surface area (Å²) in [6.45, 7) is 4.61. The minimum Gasteiger partial charge on any atom is -0.311 e. The molecule has 78 valence electrons. The Morgan fingerprint density at radius 1 is 1.50 bits per heavy atom. The van der Waals surface area contributed by atoms with E-state index in [1.807, 2.05) is 0 Å². The second-order valence-electron chi connectivity index (χ2n) is 4.53. The van der Waals surface area contributed by atoms with Gasteiger partial charge in [-0.3, -0.25) is 0 Å². The van der Waals surface area contributed by atoms with Crippen LogP contribution >= 0.6 is 11.3 Å². The average molecular weight is 209 g/mol. The highest BCUT2D eigenvalue weighted by Gasteiger charge is 2.28. The molecule has 0 radical (unpaired) electrons. The molecule has 0 amide bonds. The van der Waals surface area contributed by atoms with Gasteiger partial charge in [0.15, 0.2) is 0 Å². The summed E-state index contributed by atoms with van der Waals surface area (Å²) < 4.78 is 0. The van der Waals surface area contributed by atoms with Gasteiger partial charge in [-0.25, -0.2) is 0 Å². The van der Waals surface area contributed by atoms with Gasteiger partial charge in [0, 0.05) is 12.1 Å². The van der Waals surface area contributed by atoms with Gasteiger partial charge in [-0.2, -0.15) is 11.3 Å². The first kappa shape index (κ1) is 10.2. The summed E-state index contributed by atoms with van der Waals surface area (Å²) in [5.74, 6) is 0.958. The molecule has 1 aromatic rings. The number of hydrogen-bond acceptors (Lipinski definition) is 2. The summed E-state index contributed by atoms with van der Waals surface area (Å²) in [7, 11) is 0. The van der Waals surface area contributed by atoms with Crippen LogP contribution in [0.3, 0.4) is 0 Å². The molecule has 2 rings (SSSR count). The van der Waals surface area contributed by atoms with E-state index in [0.717, 1.165) is 5.92 Å². The van der Waals surface area contributed by atoms with Gasteiger partial charge in [-0.05, 0) is 61.4 Å². The molecular formula is C12H19NS. The third kappa shape index (κ3) is 2.82. The molecule has 1 saturated carbocycles. The van der Waals surface area contributed by atoms with Gasteiger partial charge in [-0.15, -0.1) is 0 Å². The largest absolute Gasteiger partial charge is 0.311 e. The van der Waals surface area contributed by atoms with Crippen molar-refractivity contribution in [1.29, 1.82) is 0 Å². The van der Waals surface area contributed by atoms with E-state index in [4.69, 9.17) is 0 Å². The van der Waals surface area contributed by atoms with E-state index >= 15 is 0 Å². The first-order valence-corrected chi connectivity index (χ1v) is 6.47. The highest BCUT2D eigenvalue weighted by Crippen LogP contribution is 2.32. The van der Waals surface area contributed by atoms with Gasteiger partial charge >= 0.3 is 0 Å². The molecule has 2 unspecified atom stereocenters. The normalized spacial score (nSPS) is 20.7. The topological polar surface area (TPSA) is 12.0 Å². The Balaban J connectivity index is 1.75. The Hall–Kier alpha value is -0.340. The van der Waals surface area contributed by atoms with Crippen molar-refractivity contribution in [1.82, 2.24) is 5.32 Å². The Kier molecular flexibility index (Phi) is 3.24. The zero-order chi connectivity index (χ0) is 9.97. The summed E-state index contributed by atoms with van der Waals surface area (Å²) in [6.07, 6.45) is 4.03.